The first-order valence-electron chi connectivity index (χ1n) is 8.22. The summed E-state index contributed by atoms with van der Waals surface area (Å²) in [6, 6.07) is 8.19. The maximum Gasteiger partial charge on any atom is 0.416 e. The molecule has 0 spiro atoms. The second kappa shape index (κ2) is 9.80. The van der Waals surface area contributed by atoms with Gasteiger partial charge in [-0.3, -0.25) is 19.7 Å². The molecule has 0 radical (unpaired) electrons. The number of rotatable bonds is 7. The average Bonchev–Trinajstić information content (AvgIpc) is 2.70. The quantitative estimate of drug-likeness (QED) is 0.298. The molecule has 2 aromatic rings. The number of thioether (sulfide) groups is 1. The summed E-state index contributed by atoms with van der Waals surface area (Å²) in [4.78, 5) is 34.4. The maximum atomic E-state index is 12.8. The van der Waals surface area contributed by atoms with E-state index < -0.39 is 34.2 Å². The topological polar surface area (TPSA) is 101 Å². The summed E-state index contributed by atoms with van der Waals surface area (Å²) < 4.78 is 38.3. The molecule has 2 amide bonds. The van der Waals surface area contributed by atoms with Crippen LogP contribution in [0.4, 0.5) is 24.5 Å². The van der Waals surface area contributed by atoms with Crippen molar-refractivity contribution in [1.82, 2.24) is 5.32 Å². The third kappa shape index (κ3) is 5.99. The summed E-state index contributed by atoms with van der Waals surface area (Å²) in [5.41, 5.74) is -1.56. The van der Waals surface area contributed by atoms with Crippen LogP contribution in [0.15, 0.2) is 47.4 Å². The van der Waals surface area contributed by atoms with Gasteiger partial charge in [0.1, 0.15) is 0 Å². The standard InChI is InChI=1S/C19H14F3N3O4S/c1-2-9-23-18(27)13-5-3-4-6-14(13)24-17(26)11-30-16-8-7-12(19(20,21)22)10-15(16)25(28)29/h1,3-8,10H,9,11H2,(H,23,27)(H,24,26). The third-order valence-electron chi connectivity index (χ3n) is 3.64. The van der Waals surface area contributed by atoms with Crippen LogP contribution < -0.4 is 10.6 Å². The van der Waals surface area contributed by atoms with E-state index in [0.717, 1.165) is 6.07 Å². The fraction of sp³-hybridized carbons (Fsp3) is 0.158. The second-order valence-electron chi connectivity index (χ2n) is 5.71. The highest BCUT2D eigenvalue weighted by Crippen LogP contribution is 2.36. The van der Waals surface area contributed by atoms with E-state index in [0.29, 0.717) is 23.9 Å². The van der Waals surface area contributed by atoms with Gasteiger partial charge in [-0.15, -0.1) is 18.2 Å². The van der Waals surface area contributed by atoms with E-state index in [1.54, 1.807) is 12.1 Å². The molecule has 2 rings (SSSR count). The zero-order valence-corrected chi connectivity index (χ0v) is 16.0. The van der Waals surface area contributed by atoms with Gasteiger partial charge in [0, 0.05) is 6.07 Å². The Labute approximate surface area is 173 Å². The number of halogens is 3. The second-order valence-corrected chi connectivity index (χ2v) is 6.72. The number of nitro benzene ring substituents is 1. The molecule has 11 heteroatoms. The SMILES string of the molecule is C#CCNC(=O)c1ccccc1NC(=O)CSc1ccc(C(F)(F)F)cc1[N+](=O)[O-]. The maximum absolute atomic E-state index is 12.8. The number of anilines is 1. The lowest BCUT2D eigenvalue weighted by atomic mass is 10.1. The normalized spacial score (nSPS) is 10.7. The first-order valence-corrected chi connectivity index (χ1v) is 9.21. The van der Waals surface area contributed by atoms with E-state index >= 15 is 0 Å². The van der Waals surface area contributed by atoms with E-state index in [1.807, 2.05) is 0 Å². The van der Waals surface area contributed by atoms with Gasteiger partial charge >= 0.3 is 6.18 Å². The van der Waals surface area contributed by atoms with Gasteiger partial charge in [0.2, 0.25) is 5.91 Å². The molecule has 0 saturated carbocycles. The number of alkyl halides is 3. The molecule has 0 aliphatic rings. The molecule has 30 heavy (non-hydrogen) atoms. The van der Waals surface area contributed by atoms with Crippen molar-refractivity contribution in [2.24, 2.45) is 0 Å². The lowest BCUT2D eigenvalue weighted by Crippen LogP contribution is -2.25. The zero-order valence-electron chi connectivity index (χ0n) is 15.2. The molecular weight excluding hydrogens is 423 g/mol. The minimum Gasteiger partial charge on any atom is -0.341 e. The molecule has 0 aliphatic heterocycles. The molecule has 0 fully saturated rings. The van der Waals surface area contributed by atoms with Crippen LogP contribution in [-0.4, -0.2) is 29.0 Å². The summed E-state index contributed by atoms with van der Waals surface area (Å²) in [6.45, 7) is -0.00540. The minimum absolute atomic E-state index is 0.00540. The predicted octanol–water partition coefficient (Wildman–Crippen LogP) is 3.71. The number of nitro groups is 1. The number of carbonyl (C=O) groups excluding carboxylic acids is 2. The van der Waals surface area contributed by atoms with Crippen LogP contribution in [0.2, 0.25) is 0 Å². The predicted molar refractivity (Wildman–Crippen MR) is 105 cm³/mol. The van der Waals surface area contributed by atoms with E-state index in [-0.39, 0.29) is 28.4 Å². The highest BCUT2D eigenvalue weighted by atomic mass is 32.2. The highest BCUT2D eigenvalue weighted by molar-refractivity contribution is 8.00. The van der Waals surface area contributed by atoms with Crippen LogP contribution in [-0.2, 0) is 11.0 Å². The van der Waals surface area contributed by atoms with Crippen molar-refractivity contribution in [3.63, 3.8) is 0 Å². The number of amides is 2. The Bertz CT molecular complexity index is 1020. The number of nitrogens with zero attached hydrogens (tertiary/aromatic N) is 1. The minimum atomic E-state index is -4.73. The molecule has 0 saturated heterocycles. The fourth-order valence-electron chi connectivity index (χ4n) is 2.30. The van der Waals surface area contributed by atoms with Crippen LogP contribution >= 0.6 is 11.8 Å². The van der Waals surface area contributed by atoms with Crippen molar-refractivity contribution in [3.8, 4) is 12.3 Å². The van der Waals surface area contributed by atoms with E-state index in [9.17, 15) is 32.9 Å². The number of terminal acetylenes is 1. The van der Waals surface area contributed by atoms with E-state index in [2.05, 4.69) is 16.6 Å². The number of hydrogen-bond acceptors (Lipinski definition) is 5. The van der Waals surface area contributed by atoms with Crippen LogP contribution in [0.25, 0.3) is 0 Å². The average molecular weight is 437 g/mol. The van der Waals surface area contributed by atoms with Gasteiger partial charge in [0.15, 0.2) is 0 Å². The Morgan fingerprint density at radius 3 is 2.53 bits per heavy atom. The van der Waals surface area contributed by atoms with E-state index in [1.165, 1.54) is 12.1 Å². The fourth-order valence-corrected chi connectivity index (χ4v) is 3.11. The summed E-state index contributed by atoms with van der Waals surface area (Å²) in [5, 5.41) is 16.1. The summed E-state index contributed by atoms with van der Waals surface area (Å²) >= 11 is 0.702. The molecule has 0 aliphatic carbocycles. The van der Waals surface area contributed by atoms with Crippen molar-refractivity contribution in [2.75, 3.05) is 17.6 Å². The Balaban J connectivity index is 2.12. The van der Waals surface area contributed by atoms with Crippen molar-refractivity contribution < 1.29 is 27.7 Å². The van der Waals surface area contributed by atoms with Crippen molar-refractivity contribution in [1.29, 1.82) is 0 Å². The molecule has 0 bridgehead atoms. The van der Waals surface area contributed by atoms with E-state index in [4.69, 9.17) is 6.42 Å². The third-order valence-corrected chi connectivity index (χ3v) is 4.70. The van der Waals surface area contributed by atoms with Crippen LogP contribution in [0.3, 0.4) is 0 Å². The number of carbonyl (C=O) groups is 2. The molecular formula is C19H14F3N3O4S. The number of nitrogens with one attached hydrogen (secondary N) is 2. The zero-order chi connectivity index (χ0) is 22.3. The molecule has 2 N–H and O–H groups in total. The molecule has 7 nitrogen and oxygen atoms in total. The van der Waals surface area contributed by atoms with Gasteiger partial charge in [-0.25, -0.2) is 0 Å². The first-order chi connectivity index (χ1) is 14.1. The van der Waals surface area contributed by atoms with Gasteiger partial charge in [-0.05, 0) is 24.3 Å². The summed E-state index contributed by atoms with van der Waals surface area (Å²) in [6.07, 6.45) is 0.360. The van der Waals surface area contributed by atoms with Gasteiger partial charge < -0.3 is 10.6 Å². The number of para-hydroxylation sites is 1. The van der Waals surface area contributed by atoms with Crippen LogP contribution in [0.5, 0.6) is 0 Å². The van der Waals surface area contributed by atoms with Gasteiger partial charge in [0.05, 0.1) is 38.9 Å². The van der Waals surface area contributed by atoms with Crippen molar-refractivity contribution >= 4 is 35.0 Å². The Hall–Kier alpha value is -3.52. The summed E-state index contributed by atoms with van der Waals surface area (Å²) in [5.74, 6) is 0.810. The molecule has 156 valence electrons. The lowest BCUT2D eigenvalue weighted by Gasteiger charge is -2.11. The molecule has 0 aromatic heterocycles. The first kappa shape index (κ1) is 22.8. The number of hydrogen-bond donors (Lipinski definition) is 2. The van der Waals surface area contributed by atoms with Crippen LogP contribution in [0, 0.1) is 22.5 Å². The molecule has 0 unspecified atom stereocenters. The van der Waals surface area contributed by atoms with Gasteiger partial charge in [-0.2, -0.15) is 13.2 Å². The van der Waals surface area contributed by atoms with Gasteiger partial charge in [0.25, 0.3) is 11.6 Å². The molecule has 0 atom stereocenters. The largest absolute Gasteiger partial charge is 0.416 e. The Kier molecular flexibility index (Phi) is 7.43. The van der Waals surface area contributed by atoms with Crippen molar-refractivity contribution in [2.45, 2.75) is 11.1 Å². The monoisotopic (exact) mass is 437 g/mol. The Morgan fingerprint density at radius 2 is 1.90 bits per heavy atom. The Morgan fingerprint density at radius 1 is 1.20 bits per heavy atom. The smallest absolute Gasteiger partial charge is 0.341 e. The van der Waals surface area contributed by atoms with Crippen LogP contribution in [0.1, 0.15) is 15.9 Å². The van der Waals surface area contributed by atoms with Gasteiger partial charge in [-0.1, -0.05) is 18.1 Å². The van der Waals surface area contributed by atoms with Crippen molar-refractivity contribution in [3.05, 3.63) is 63.7 Å². The number of benzene rings is 2. The molecule has 2 aromatic carbocycles. The lowest BCUT2D eigenvalue weighted by molar-refractivity contribution is -0.388. The highest BCUT2D eigenvalue weighted by Gasteiger charge is 2.33. The molecule has 0 heterocycles. The summed E-state index contributed by atoms with van der Waals surface area (Å²) in [7, 11) is 0.